The van der Waals surface area contributed by atoms with Crippen molar-refractivity contribution in [2.75, 3.05) is 18.4 Å². The van der Waals surface area contributed by atoms with Crippen molar-refractivity contribution in [1.82, 2.24) is 10.2 Å². The van der Waals surface area contributed by atoms with Gasteiger partial charge < -0.3 is 15.5 Å². The lowest BCUT2D eigenvalue weighted by atomic mass is 9.93. The Kier molecular flexibility index (Phi) is 7.22. The number of nitrogens with zero attached hydrogens (tertiary/aromatic N) is 1. The highest BCUT2D eigenvalue weighted by atomic mass is 19.1. The topological polar surface area (TPSA) is 61.4 Å². The molecule has 0 aromatic heterocycles. The molecule has 29 heavy (non-hydrogen) atoms. The summed E-state index contributed by atoms with van der Waals surface area (Å²) in [5, 5.41) is 5.79. The number of piperidine rings is 1. The van der Waals surface area contributed by atoms with Crippen LogP contribution < -0.4 is 10.6 Å². The number of likely N-dealkylation sites (tertiary alicyclic amines) is 1. The number of rotatable bonds is 6. The van der Waals surface area contributed by atoms with E-state index >= 15 is 0 Å². The van der Waals surface area contributed by atoms with Gasteiger partial charge in [0, 0.05) is 25.2 Å². The maximum Gasteiger partial charge on any atom is 0.321 e. The fourth-order valence-electron chi connectivity index (χ4n) is 3.73. The molecule has 1 fully saturated rings. The van der Waals surface area contributed by atoms with E-state index in [1.54, 1.807) is 17.0 Å². The third-order valence-electron chi connectivity index (χ3n) is 5.34. The Morgan fingerprint density at radius 3 is 2.72 bits per heavy atom. The van der Waals surface area contributed by atoms with Crippen LogP contribution >= 0.6 is 0 Å². The highest BCUT2D eigenvalue weighted by Gasteiger charge is 2.24. The molecule has 1 aliphatic heterocycles. The lowest BCUT2D eigenvalue weighted by Crippen LogP contribution is -2.42. The van der Waals surface area contributed by atoms with Gasteiger partial charge in [-0.25, -0.2) is 9.18 Å². The van der Waals surface area contributed by atoms with E-state index in [9.17, 15) is 14.0 Å². The van der Waals surface area contributed by atoms with Gasteiger partial charge in [0.15, 0.2) is 0 Å². The molecule has 0 radical (unpaired) electrons. The van der Waals surface area contributed by atoms with Gasteiger partial charge in [0.05, 0.1) is 6.04 Å². The van der Waals surface area contributed by atoms with Gasteiger partial charge in [-0.1, -0.05) is 36.4 Å². The maximum absolute atomic E-state index is 13.3. The maximum atomic E-state index is 13.3. The molecule has 0 saturated carbocycles. The lowest BCUT2D eigenvalue weighted by molar-refractivity contribution is -0.122. The first-order valence-corrected chi connectivity index (χ1v) is 10.2. The standard InChI is InChI=1S/C23H28FN3O2/c1-17(19-8-3-2-4-9-19)25-22(28)13-12-18-7-6-14-27(16-18)23(29)26-21-11-5-10-20(24)15-21/h2-5,8-11,15,17-18H,6-7,12-14,16H2,1H3,(H,25,28)(H,26,29)/t17-,18+/m0/s1. The normalized spacial score (nSPS) is 17.4. The van der Waals surface area contributed by atoms with Crippen LogP contribution in [0.2, 0.25) is 0 Å². The molecule has 0 aliphatic carbocycles. The van der Waals surface area contributed by atoms with Crippen molar-refractivity contribution in [1.29, 1.82) is 0 Å². The number of hydrogen-bond acceptors (Lipinski definition) is 2. The third kappa shape index (κ3) is 6.31. The Morgan fingerprint density at radius 1 is 1.17 bits per heavy atom. The van der Waals surface area contributed by atoms with Gasteiger partial charge in [-0.2, -0.15) is 0 Å². The SMILES string of the molecule is C[C@H](NC(=O)CC[C@H]1CCCN(C(=O)Nc2cccc(F)c2)C1)c1ccccc1. The fraction of sp³-hybridized carbons (Fsp3) is 0.391. The molecule has 2 aromatic carbocycles. The molecule has 1 aliphatic rings. The van der Waals surface area contributed by atoms with Crippen molar-refractivity contribution < 1.29 is 14.0 Å². The van der Waals surface area contributed by atoms with Gasteiger partial charge in [-0.3, -0.25) is 4.79 Å². The first-order valence-electron chi connectivity index (χ1n) is 10.2. The molecule has 2 N–H and O–H groups in total. The molecule has 5 nitrogen and oxygen atoms in total. The van der Waals surface area contributed by atoms with Crippen LogP contribution in [-0.2, 0) is 4.79 Å². The summed E-state index contributed by atoms with van der Waals surface area (Å²) in [6, 6.07) is 15.5. The smallest absolute Gasteiger partial charge is 0.321 e. The van der Waals surface area contributed by atoms with Crippen molar-refractivity contribution in [3.8, 4) is 0 Å². The van der Waals surface area contributed by atoms with Crippen molar-refractivity contribution >= 4 is 17.6 Å². The van der Waals surface area contributed by atoms with Gasteiger partial charge in [-0.05, 0) is 55.9 Å². The molecule has 2 aromatic rings. The van der Waals surface area contributed by atoms with Crippen molar-refractivity contribution in [3.05, 3.63) is 66.0 Å². The number of carbonyl (C=O) groups excluding carboxylic acids is 2. The molecule has 0 bridgehead atoms. The summed E-state index contributed by atoms with van der Waals surface area (Å²) in [5.41, 5.74) is 1.53. The molecule has 2 atom stereocenters. The number of urea groups is 1. The third-order valence-corrected chi connectivity index (χ3v) is 5.34. The van der Waals surface area contributed by atoms with E-state index in [1.807, 2.05) is 37.3 Å². The molecule has 1 heterocycles. The number of carbonyl (C=O) groups is 2. The van der Waals surface area contributed by atoms with Gasteiger partial charge >= 0.3 is 6.03 Å². The van der Waals surface area contributed by atoms with Crippen LogP contribution in [0.1, 0.15) is 44.2 Å². The number of amides is 3. The molecular formula is C23H28FN3O2. The minimum atomic E-state index is -0.380. The zero-order valence-electron chi connectivity index (χ0n) is 16.7. The predicted octanol–water partition coefficient (Wildman–Crippen LogP) is 4.73. The Labute approximate surface area is 171 Å². The Bertz CT molecular complexity index is 828. The van der Waals surface area contributed by atoms with Crippen LogP contribution in [-0.4, -0.2) is 29.9 Å². The van der Waals surface area contributed by atoms with Gasteiger partial charge in [0.25, 0.3) is 0 Å². The Morgan fingerprint density at radius 2 is 1.97 bits per heavy atom. The minimum absolute atomic E-state index is 0.0244. The van der Waals surface area contributed by atoms with Crippen LogP contribution in [0.15, 0.2) is 54.6 Å². The second-order valence-corrected chi connectivity index (χ2v) is 7.63. The van der Waals surface area contributed by atoms with E-state index in [4.69, 9.17) is 0 Å². The monoisotopic (exact) mass is 397 g/mol. The van der Waals surface area contributed by atoms with E-state index in [0.29, 0.717) is 31.1 Å². The quantitative estimate of drug-likeness (QED) is 0.740. The van der Waals surface area contributed by atoms with Crippen molar-refractivity contribution in [2.24, 2.45) is 5.92 Å². The van der Waals surface area contributed by atoms with E-state index in [1.165, 1.54) is 12.1 Å². The van der Waals surface area contributed by atoms with Crippen LogP contribution in [0.5, 0.6) is 0 Å². The number of benzene rings is 2. The zero-order chi connectivity index (χ0) is 20.6. The second-order valence-electron chi connectivity index (χ2n) is 7.63. The van der Waals surface area contributed by atoms with Gasteiger partial charge in [0.1, 0.15) is 5.82 Å². The fourth-order valence-corrected chi connectivity index (χ4v) is 3.73. The molecule has 6 heteroatoms. The summed E-state index contributed by atoms with van der Waals surface area (Å²) < 4.78 is 13.3. The summed E-state index contributed by atoms with van der Waals surface area (Å²) in [6.45, 7) is 3.27. The van der Waals surface area contributed by atoms with E-state index in [0.717, 1.165) is 24.8 Å². The number of halogens is 1. The first-order chi connectivity index (χ1) is 14.0. The molecule has 3 amide bonds. The average molecular weight is 397 g/mol. The highest BCUT2D eigenvalue weighted by molar-refractivity contribution is 5.89. The van der Waals surface area contributed by atoms with Crippen molar-refractivity contribution in [2.45, 2.75) is 38.6 Å². The molecule has 3 rings (SSSR count). The zero-order valence-corrected chi connectivity index (χ0v) is 16.7. The average Bonchev–Trinajstić information content (AvgIpc) is 2.73. The van der Waals surface area contributed by atoms with Gasteiger partial charge in [0.2, 0.25) is 5.91 Å². The summed E-state index contributed by atoms with van der Waals surface area (Å²) in [7, 11) is 0. The second kappa shape index (κ2) is 10.0. The van der Waals surface area contributed by atoms with Crippen molar-refractivity contribution in [3.63, 3.8) is 0 Å². The Balaban J connectivity index is 1.44. The predicted molar refractivity (Wildman–Crippen MR) is 112 cm³/mol. The number of hydrogen-bond donors (Lipinski definition) is 2. The highest BCUT2D eigenvalue weighted by Crippen LogP contribution is 2.22. The lowest BCUT2D eigenvalue weighted by Gasteiger charge is -2.32. The minimum Gasteiger partial charge on any atom is -0.350 e. The van der Waals surface area contributed by atoms with Gasteiger partial charge in [-0.15, -0.1) is 0 Å². The van der Waals surface area contributed by atoms with E-state index < -0.39 is 0 Å². The molecular weight excluding hydrogens is 369 g/mol. The largest absolute Gasteiger partial charge is 0.350 e. The van der Waals surface area contributed by atoms with Crippen LogP contribution in [0, 0.1) is 11.7 Å². The summed E-state index contributed by atoms with van der Waals surface area (Å²) >= 11 is 0. The molecule has 0 spiro atoms. The molecule has 1 saturated heterocycles. The molecule has 0 unspecified atom stereocenters. The Hall–Kier alpha value is -2.89. The summed E-state index contributed by atoms with van der Waals surface area (Å²) in [6.07, 6.45) is 3.10. The van der Waals surface area contributed by atoms with Crippen LogP contribution in [0.25, 0.3) is 0 Å². The number of anilines is 1. The van der Waals surface area contributed by atoms with E-state index in [-0.39, 0.29) is 23.8 Å². The summed E-state index contributed by atoms with van der Waals surface area (Å²) in [4.78, 5) is 26.5. The first kappa shape index (κ1) is 20.8. The van der Waals surface area contributed by atoms with Crippen LogP contribution in [0.3, 0.4) is 0 Å². The molecule has 154 valence electrons. The van der Waals surface area contributed by atoms with E-state index in [2.05, 4.69) is 10.6 Å². The number of nitrogens with one attached hydrogen (secondary N) is 2. The van der Waals surface area contributed by atoms with Crippen LogP contribution in [0.4, 0.5) is 14.9 Å². The summed E-state index contributed by atoms with van der Waals surface area (Å²) in [5.74, 6) is -0.0578.